The second kappa shape index (κ2) is 3.34. The van der Waals surface area contributed by atoms with Gasteiger partial charge >= 0.3 is 21.2 Å². The van der Waals surface area contributed by atoms with Crippen molar-refractivity contribution in [2.45, 2.75) is 13.8 Å². The Kier molecular flexibility index (Phi) is 2.09. The summed E-state index contributed by atoms with van der Waals surface area (Å²) in [5, 5.41) is 0. The van der Waals surface area contributed by atoms with Crippen LogP contribution in [0.1, 0.15) is 11.1 Å². The van der Waals surface area contributed by atoms with Crippen molar-refractivity contribution in [1.29, 1.82) is 0 Å². The first-order valence-corrected chi connectivity index (χ1v) is 7.26. The molecule has 0 saturated carbocycles. The van der Waals surface area contributed by atoms with Crippen LogP contribution in [0.5, 0.6) is 0 Å². The highest BCUT2D eigenvalue weighted by Gasteiger charge is 2.32. The third kappa shape index (κ3) is 1.49. The molecular weight excluding hydrogens is 295 g/mol. The molecule has 0 spiro atoms. The van der Waals surface area contributed by atoms with E-state index in [0.29, 0.717) is 0 Å². The quantitative estimate of drug-likeness (QED) is 0.528. The molecule has 1 aliphatic heterocycles. The molecule has 1 heteroatoms. The maximum Gasteiger partial charge on any atom is 0.359 e. The first kappa shape index (κ1) is 9.40. The smallest absolute Gasteiger partial charge is 0.0584 e. The molecule has 1 aliphatic rings. The largest absolute Gasteiger partial charge is 0.359 e. The number of hydrogen-bond donors (Lipinski definition) is 0. The first-order valence-electron chi connectivity index (χ1n) is 5.10. The van der Waals surface area contributed by atoms with Gasteiger partial charge in [0.25, 0.3) is 0 Å². The maximum absolute atomic E-state index is 2.36. The van der Waals surface area contributed by atoms with Gasteiger partial charge in [-0.3, -0.25) is 0 Å². The van der Waals surface area contributed by atoms with E-state index in [1.54, 1.807) is 7.14 Å². The number of benzene rings is 2. The van der Waals surface area contributed by atoms with Crippen molar-refractivity contribution in [2.75, 3.05) is 0 Å². The third-order valence-corrected chi connectivity index (χ3v) is 5.69. The van der Waals surface area contributed by atoms with Gasteiger partial charge in [0.15, 0.2) is 0 Å². The highest BCUT2D eigenvalue weighted by molar-refractivity contribution is 5.65. The molecule has 15 heavy (non-hydrogen) atoms. The predicted octanol–water partition coefficient (Wildman–Crippen LogP) is 0.412. The van der Waals surface area contributed by atoms with Gasteiger partial charge in [0.1, 0.15) is 0 Å². The molecule has 74 valence electrons. The number of hydrogen-bond acceptors (Lipinski definition) is 0. The van der Waals surface area contributed by atoms with Crippen LogP contribution in [0.25, 0.3) is 11.1 Å². The Labute approximate surface area is 101 Å². The fourth-order valence-corrected chi connectivity index (χ4v) is 5.38. The molecule has 0 radical (unpaired) electrons. The van der Waals surface area contributed by atoms with E-state index in [0.717, 1.165) is 0 Å². The lowest BCUT2D eigenvalue weighted by Crippen LogP contribution is -3.61. The lowest BCUT2D eigenvalue weighted by Gasteiger charge is -1.96. The zero-order valence-corrected chi connectivity index (χ0v) is 11.0. The SMILES string of the molecule is Cc1ccc2c(c1)[I+]c1cc(C)ccc1-2. The van der Waals surface area contributed by atoms with Gasteiger partial charge in [0.05, 0.1) is 0 Å². The summed E-state index contributed by atoms with van der Waals surface area (Å²) in [6.45, 7) is 4.36. The summed E-state index contributed by atoms with van der Waals surface area (Å²) < 4.78 is 3.18. The van der Waals surface area contributed by atoms with Crippen LogP contribution in [0, 0.1) is 21.0 Å². The van der Waals surface area contributed by atoms with Crippen molar-refractivity contribution >= 4 is 0 Å². The summed E-state index contributed by atoms with van der Waals surface area (Å²) in [5.74, 6) is 0. The molecule has 0 unspecified atom stereocenters. The maximum atomic E-state index is 2.36. The highest BCUT2D eigenvalue weighted by Crippen LogP contribution is 2.23. The van der Waals surface area contributed by atoms with Gasteiger partial charge in [-0.15, -0.1) is 0 Å². The molecule has 0 aromatic heterocycles. The Morgan fingerprint density at radius 2 is 1.20 bits per heavy atom. The van der Waals surface area contributed by atoms with E-state index in [4.69, 9.17) is 0 Å². The molecule has 0 atom stereocenters. The van der Waals surface area contributed by atoms with Crippen LogP contribution in [0.15, 0.2) is 36.4 Å². The van der Waals surface area contributed by atoms with Crippen LogP contribution >= 0.6 is 0 Å². The van der Waals surface area contributed by atoms with E-state index in [1.165, 1.54) is 22.3 Å². The molecule has 0 fully saturated rings. The predicted molar refractivity (Wildman–Crippen MR) is 58.7 cm³/mol. The molecule has 0 amide bonds. The summed E-state index contributed by atoms with van der Waals surface area (Å²) in [7, 11) is 0. The van der Waals surface area contributed by atoms with E-state index in [9.17, 15) is 0 Å². The van der Waals surface area contributed by atoms with Crippen molar-refractivity contribution in [3.05, 3.63) is 54.7 Å². The Morgan fingerprint density at radius 1 is 0.733 bits per heavy atom. The summed E-state index contributed by atoms with van der Waals surface area (Å²) in [6.07, 6.45) is 0. The van der Waals surface area contributed by atoms with Crippen LogP contribution in [0.3, 0.4) is 0 Å². The Hall–Kier alpha value is -0.830. The molecule has 3 rings (SSSR count). The van der Waals surface area contributed by atoms with Gasteiger partial charge in [-0.1, -0.05) is 12.1 Å². The Morgan fingerprint density at radius 3 is 1.67 bits per heavy atom. The fraction of sp³-hybridized carbons (Fsp3) is 0.143. The van der Waals surface area contributed by atoms with E-state index in [2.05, 4.69) is 50.2 Å². The van der Waals surface area contributed by atoms with Crippen LogP contribution in [-0.4, -0.2) is 0 Å². The van der Waals surface area contributed by atoms with Crippen LogP contribution in [0.4, 0.5) is 0 Å². The lowest BCUT2D eigenvalue weighted by atomic mass is 10.0. The second-order valence-corrected chi connectivity index (χ2v) is 6.92. The molecule has 0 N–H and O–H groups in total. The van der Waals surface area contributed by atoms with E-state index >= 15 is 0 Å². The number of rotatable bonds is 0. The second-order valence-electron chi connectivity index (χ2n) is 4.06. The van der Waals surface area contributed by atoms with Crippen molar-refractivity contribution in [1.82, 2.24) is 0 Å². The number of halogens is 1. The Bertz CT molecular complexity index is 492. The van der Waals surface area contributed by atoms with Crippen molar-refractivity contribution in [3.8, 4) is 11.1 Å². The summed E-state index contributed by atoms with van der Waals surface area (Å²) in [5.41, 5.74) is 5.72. The van der Waals surface area contributed by atoms with Crippen LogP contribution < -0.4 is 21.2 Å². The van der Waals surface area contributed by atoms with E-state index in [-0.39, 0.29) is 21.2 Å². The van der Waals surface area contributed by atoms with E-state index in [1.807, 2.05) is 0 Å². The minimum atomic E-state index is 0.0692. The standard InChI is InChI=1S/C14H12I/c1-9-3-5-11-12-6-4-10(2)8-14(12)15-13(11)7-9/h3-8H,1-2H3/q+1. The fourth-order valence-electron chi connectivity index (χ4n) is 1.94. The van der Waals surface area contributed by atoms with Crippen molar-refractivity contribution < 1.29 is 21.2 Å². The molecule has 0 saturated heterocycles. The van der Waals surface area contributed by atoms with E-state index < -0.39 is 0 Å². The minimum absolute atomic E-state index is 0.0692. The van der Waals surface area contributed by atoms with Gasteiger partial charge in [-0.2, -0.15) is 0 Å². The third-order valence-electron chi connectivity index (χ3n) is 2.74. The number of fused-ring (bicyclic) bond motifs is 3. The monoisotopic (exact) mass is 307 g/mol. The van der Waals surface area contributed by atoms with Crippen LogP contribution in [0.2, 0.25) is 0 Å². The molecule has 2 aromatic rings. The topological polar surface area (TPSA) is 0 Å². The summed E-state index contributed by atoms with van der Waals surface area (Å²) in [4.78, 5) is 0. The van der Waals surface area contributed by atoms with Gasteiger partial charge < -0.3 is 0 Å². The molecule has 0 nitrogen and oxygen atoms in total. The summed E-state index contributed by atoms with van der Waals surface area (Å²) in [6, 6.07) is 13.7. The Balaban J connectivity index is 2.24. The zero-order valence-electron chi connectivity index (χ0n) is 8.84. The number of aryl methyl sites for hydroxylation is 2. The van der Waals surface area contributed by atoms with Gasteiger partial charge in [-0.05, 0) is 49.2 Å². The molecule has 1 heterocycles. The van der Waals surface area contributed by atoms with Gasteiger partial charge in [-0.25, -0.2) is 0 Å². The van der Waals surface area contributed by atoms with Gasteiger partial charge in [0.2, 0.25) is 7.14 Å². The summed E-state index contributed by atoms with van der Waals surface area (Å²) >= 11 is 0.0692. The van der Waals surface area contributed by atoms with Crippen LogP contribution in [-0.2, 0) is 0 Å². The lowest BCUT2D eigenvalue weighted by molar-refractivity contribution is -0.589. The minimum Gasteiger partial charge on any atom is -0.0584 e. The normalized spacial score (nSPS) is 12.4. The molecule has 0 bridgehead atoms. The zero-order chi connectivity index (χ0) is 10.4. The average Bonchev–Trinajstić information content (AvgIpc) is 2.53. The van der Waals surface area contributed by atoms with Gasteiger partial charge in [0, 0.05) is 11.1 Å². The molecule has 2 aromatic carbocycles. The average molecular weight is 307 g/mol. The first-order chi connectivity index (χ1) is 7.24. The molecular formula is C14H12I+. The van der Waals surface area contributed by atoms with Crippen molar-refractivity contribution in [2.24, 2.45) is 0 Å². The van der Waals surface area contributed by atoms with Crippen molar-refractivity contribution in [3.63, 3.8) is 0 Å². The highest BCUT2D eigenvalue weighted by atomic mass is 127. The molecule has 0 aliphatic carbocycles.